The van der Waals surface area contributed by atoms with Gasteiger partial charge in [-0.05, 0) is 19.4 Å². The Balaban J connectivity index is 1.50. The number of carbonyl (C=O) groups is 1. The van der Waals surface area contributed by atoms with Gasteiger partial charge in [-0.3, -0.25) is 14.4 Å². The van der Waals surface area contributed by atoms with E-state index in [1.807, 2.05) is 24.7 Å². The lowest BCUT2D eigenvalue weighted by Gasteiger charge is -2.25. The SMILES string of the molecule is Cc1cnn([C@@H](C)CNC(=O)c2cc(CN3CCOCC3)on2)c1. The maximum atomic E-state index is 12.2. The Morgan fingerprint density at radius 2 is 2.21 bits per heavy atom. The van der Waals surface area contributed by atoms with Gasteiger partial charge in [0.1, 0.15) is 0 Å². The standard InChI is InChI=1S/C16H23N5O3/c1-12-8-18-21(10-12)13(2)9-17-16(22)15-7-14(24-19-15)11-20-3-5-23-6-4-20/h7-8,10,13H,3-6,9,11H2,1-2H3,(H,17,22)/t13-/m0/s1. The van der Waals surface area contributed by atoms with Crippen LogP contribution >= 0.6 is 0 Å². The lowest BCUT2D eigenvalue weighted by atomic mass is 10.3. The summed E-state index contributed by atoms with van der Waals surface area (Å²) in [5.41, 5.74) is 1.40. The fourth-order valence-corrected chi connectivity index (χ4v) is 2.57. The molecule has 0 radical (unpaired) electrons. The van der Waals surface area contributed by atoms with Crippen molar-refractivity contribution in [2.45, 2.75) is 26.4 Å². The Kier molecular flexibility index (Phi) is 5.27. The summed E-state index contributed by atoms with van der Waals surface area (Å²) in [5.74, 6) is 0.459. The van der Waals surface area contributed by atoms with Crippen molar-refractivity contribution in [2.24, 2.45) is 0 Å². The average molecular weight is 333 g/mol. The van der Waals surface area contributed by atoms with Gasteiger partial charge < -0.3 is 14.6 Å². The molecule has 3 heterocycles. The third-order valence-corrected chi connectivity index (χ3v) is 4.01. The highest BCUT2D eigenvalue weighted by atomic mass is 16.5. The predicted molar refractivity (Wildman–Crippen MR) is 86.6 cm³/mol. The minimum Gasteiger partial charge on any atom is -0.379 e. The molecular weight excluding hydrogens is 310 g/mol. The van der Waals surface area contributed by atoms with Gasteiger partial charge in [-0.15, -0.1) is 0 Å². The second-order valence-corrected chi connectivity index (χ2v) is 6.12. The van der Waals surface area contributed by atoms with Crippen LogP contribution in [-0.4, -0.2) is 58.6 Å². The number of aromatic nitrogens is 3. The molecule has 8 heteroatoms. The highest BCUT2D eigenvalue weighted by molar-refractivity contribution is 5.92. The van der Waals surface area contributed by atoms with Crippen molar-refractivity contribution in [3.8, 4) is 0 Å². The number of hydrogen-bond acceptors (Lipinski definition) is 6. The summed E-state index contributed by atoms with van der Waals surface area (Å²) in [5, 5.41) is 11.0. The number of morpholine rings is 1. The Morgan fingerprint density at radius 3 is 2.92 bits per heavy atom. The van der Waals surface area contributed by atoms with Crippen molar-refractivity contribution in [2.75, 3.05) is 32.8 Å². The van der Waals surface area contributed by atoms with Crippen LogP contribution in [0.2, 0.25) is 0 Å². The number of carbonyl (C=O) groups excluding carboxylic acids is 1. The number of amides is 1. The maximum Gasteiger partial charge on any atom is 0.273 e. The Morgan fingerprint density at radius 1 is 1.42 bits per heavy atom. The van der Waals surface area contributed by atoms with Crippen molar-refractivity contribution < 1.29 is 14.1 Å². The molecule has 2 aromatic rings. The van der Waals surface area contributed by atoms with E-state index in [9.17, 15) is 4.79 Å². The van der Waals surface area contributed by atoms with Gasteiger partial charge >= 0.3 is 0 Å². The molecule has 1 fully saturated rings. The van der Waals surface area contributed by atoms with Crippen molar-refractivity contribution in [1.29, 1.82) is 0 Å². The summed E-state index contributed by atoms with van der Waals surface area (Å²) in [6.45, 7) is 8.29. The molecule has 2 aromatic heterocycles. The number of nitrogens with one attached hydrogen (secondary N) is 1. The van der Waals surface area contributed by atoms with Crippen LogP contribution in [0.15, 0.2) is 23.0 Å². The van der Waals surface area contributed by atoms with Crippen LogP contribution in [0.5, 0.6) is 0 Å². The van der Waals surface area contributed by atoms with Gasteiger partial charge in [0.15, 0.2) is 11.5 Å². The van der Waals surface area contributed by atoms with Crippen LogP contribution in [0.25, 0.3) is 0 Å². The predicted octanol–water partition coefficient (Wildman–Crippen LogP) is 1.00. The summed E-state index contributed by atoms with van der Waals surface area (Å²) in [4.78, 5) is 14.4. The highest BCUT2D eigenvalue weighted by Gasteiger charge is 2.17. The van der Waals surface area contributed by atoms with Gasteiger partial charge in [0.25, 0.3) is 5.91 Å². The molecule has 1 aliphatic heterocycles. The molecule has 1 N–H and O–H groups in total. The van der Waals surface area contributed by atoms with E-state index in [2.05, 4.69) is 20.5 Å². The topological polar surface area (TPSA) is 85.4 Å². The zero-order valence-corrected chi connectivity index (χ0v) is 14.1. The summed E-state index contributed by atoms with van der Waals surface area (Å²) in [7, 11) is 0. The number of nitrogens with zero attached hydrogens (tertiary/aromatic N) is 4. The molecule has 24 heavy (non-hydrogen) atoms. The van der Waals surface area contributed by atoms with Gasteiger partial charge in [-0.1, -0.05) is 5.16 Å². The average Bonchev–Trinajstić information content (AvgIpc) is 3.22. The van der Waals surface area contributed by atoms with Gasteiger partial charge in [-0.25, -0.2) is 0 Å². The van der Waals surface area contributed by atoms with Crippen molar-refractivity contribution >= 4 is 5.91 Å². The maximum absolute atomic E-state index is 12.2. The molecule has 0 unspecified atom stereocenters. The monoisotopic (exact) mass is 333 g/mol. The highest BCUT2D eigenvalue weighted by Crippen LogP contribution is 2.10. The molecule has 130 valence electrons. The van der Waals surface area contributed by atoms with Crippen molar-refractivity contribution in [3.63, 3.8) is 0 Å². The van der Waals surface area contributed by atoms with Crippen molar-refractivity contribution in [1.82, 2.24) is 25.2 Å². The smallest absolute Gasteiger partial charge is 0.273 e. The fraction of sp³-hybridized carbons (Fsp3) is 0.562. The normalized spacial score (nSPS) is 16.9. The molecule has 1 amide bonds. The summed E-state index contributed by atoms with van der Waals surface area (Å²) in [6.07, 6.45) is 3.75. The van der Waals surface area contributed by atoms with Crippen LogP contribution in [0.1, 0.15) is 34.8 Å². The quantitative estimate of drug-likeness (QED) is 0.849. The van der Waals surface area contributed by atoms with Crippen LogP contribution in [0.3, 0.4) is 0 Å². The Labute approximate surface area is 140 Å². The first-order chi connectivity index (χ1) is 11.6. The lowest BCUT2D eigenvalue weighted by Crippen LogP contribution is -2.35. The molecule has 1 atom stereocenters. The molecule has 0 aromatic carbocycles. The second kappa shape index (κ2) is 7.59. The first-order valence-electron chi connectivity index (χ1n) is 8.16. The molecule has 3 rings (SSSR count). The number of hydrogen-bond donors (Lipinski definition) is 1. The third-order valence-electron chi connectivity index (χ3n) is 4.01. The van der Waals surface area contributed by atoms with Gasteiger partial charge in [0, 0.05) is 31.9 Å². The van der Waals surface area contributed by atoms with E-state index in [1.165, 1.54) is 0 Å². The van der Waals surface area contributed by atoms with Crippen LogP contribution in [-0.2, 0) is 11.3 Å². The van der Waals surface area contributed by atoms with E-state index in [1.54, 1.807) is 12.3 Å². The third kappa shape index (κ3) is 4.21. The molecule has 1 saturated heterocycles. The molecule has 0 saturated carbocycles. The molecule has 1 aliphatic rings. The van der Waals surface area contributed by atoms with E-state index in [0.29, 0.717) is 24.5 Å². The zero-order chi connectivity index (χ0) is 16.9. The van der Waals surface area contributed by atoms with Crippen LogP contribution < -0.4 is 5.32 Å². The summed E-state index contributed by atoms with van der Waals surface area (Å²) >= 11 is 0. The first-order valence-corrected chi connectivity index (χ1v) is 8.16. The van der Waals surface area contributed by atoms with Gasteiger partial charge in [0.2, 0.25) is 0 Å². The fourth-order valence-electron chi connectivity index (χ4n) is 2.57. The minimum absolute atomic E-state index is 0.0716. The summed E-state index contributed by atoms with van der Waals surface area (Å²) in [6, 6.07) is 1.77. The van der Waals surface area contributed by atoms with E-state index in [4.69, 9.17) is 9.26 Å². The number of ether oxygens (including phenoxy) is 1. The summed E-state index contributed by atoms with van der Waals surface area (Å²) < 4.78 is 12.4. The van der Waals surface area contributed by atoms with E-state index < -0.39 is 0 Å². The van der Waals surface area contributed by atoms with Crippen LogP contribution in [0.4, 0.5) is 0 Å². The van der Waals surface area contributed by atoms with E-state index in [-0.39, 0.29) is 11.9 Å². The first kappa shape index (κ1) is 16.7. The number of aryl methyl sites for hydroxylation is 1. The Bertz CT molecular complexity index is 675. The second-order valence-electron chi connectivity index (χ2n) is 6.12. The largest absolute Gasteiger partial charge is 0.379 e. The molecule has 0 spiro atoms. The minimum atomic E-state index is -0.234. The van der Waals surface area contributed by atoms with Crippen LogP contribution in [0, 0.1) is 6.92 Å². The molecule has 8 nitrogen and oxygen atoms in total. The molecule has 0 bridgehead atoms. The van der Waals surface area contributed by atoms with Gasteiger partial charge in [-0.2, -0.15) is 5.10 Å². The van der Waals surface area contributed by atoms with Gasteiger partial charge in [0.05, 0.1) is 32.0 Å². The lowest BCUT2D eigenvalue weighted by molar-refractivity contribution is 0.0305. The van der Waals surface area contributed by atoms with E-state index in [0.717, 1.165) is 31.9 Å². The Hall–Kier alpha value is -2.19. The van der Waals surface area contributed by atoms with E-state index >= 15 is 0 Å². The zero-order valence-electron chi connectivity index (χ0n) is 14.1. The molecular formula is C16H23N5O3. The van der Waals surface area contributed by atoms with Crippen molar-refractivity contribution in [3.05, 3.63) is 35.5 Å². The molecule has 0 aliphatic carbocycles. The number of rotatable bonds is 6.